The van der Waals surface area contributed by atoms with Gasteiger partial charge in [-0.1, -0.05) is 90.1 Å². The lowest BCUT2D eigenvalue weighted by Gasteiger charge is -2.34. The maximum absolute atomic E-state index is 14.7. The number of rotatable bonds is 14. The summed E-state index contributed by atoms with van der Waals surface area (Å²) in [6.07, 6.45) is 4.00. The Balaban J connectivity index is 1.57. The molecule has 49 heavy (non-hydrogen) atoms. The van der Waals surface area contributed by atoms with E-state index in [0.29, 0.717) is 28.0 Å². The largest absolute Gasteiger partial charge is 0.494 e. The summed E-state index contributed by atoms with van der Waals surface area (Å²) in [5.74, 6) is -0.283. The molecule has 1 atom stereocenters. The van der Waals surface area contributed by atoms with Gasteiger partial charge in [0, 0.05) is 19.0 Å². The fourth-order valence-corrected chi connectivity index (χ4v) is 7.73. The molecule has 1 aliphatic rings. The predicted molar refractivity (Wildman–Crippen MR) is 195 cm³/mol. The number of anilines is 1. The van der Waals surface area contributed by atoms with Crippen molar-refractivity contribution in [2.24, 2.45) is 0 Å². The number of hydrogen-bond donors (Lipinski definition) is 1. The fraction of sp³-hybridized carbons (Fsp3) is 0.316. The third-order valence-electron chi connectivity index (χ3n) is 8.63. The van der Waals surface area contributed by atoms with E-state index in [1.807, 2.05) is 44.2 Å². The number of hydrogen-bond acceptors (Lipinski definition) is 5. The Labute approximate surface area is 299 Å². The maximum Gasteiger partial charge on any atom is 0.264 e. The molecule has 1 saturated carbocycles. The summed E-state index contributed by atoms with van der Waals surface area (Å²) in [6.45, 7) is 3.60. The Morgan fingerprint density at radius 3 is 2.18 bits per heavy atom. The first-order valence-electron chi connectivity index (χ1n) is 16.4. The summed E-state index contributed by atoms with van der Waals surface area (Å²) < 4.78 is 35.3. The molecule has 0 spiro atoms. The normalized spacial score (nSPS) is 13.9. The van der Waals surface area contributed by atoms with Crippen LogP contribution in [0.5, 0.6) is 5.75 Å². The summed E-state index contributed by atoms with van der Waals surface area (Å²) in [7, 11) is -4.23. The first kappa shape index (κ1) is 36.2. The molecule has 0 saturated heterocycles. The molecule has 4 aromatic carbocycles. The second-order valence-electron chi connectivity index (χ2n) is 12.2. The zero-order valence-electron chi connectivity index (χ0n) is 27.6. The molecule has 5 rings (SSSR count). The molecule has 0 aliphatic heterocycles. The highest BCUT2D eigenvalue weighted by molar-refractivity contribution is 7.92. The van der Waals surface area contributed by atoms with Crippen LogP contribution >= 0.6 is 23.2 Å². The molecule has 8 nitrogen and oxygen atoms in total. The average molecular weight is 723 g/mol. The lowest BCUT2D eigenvalue weighted by molar-refractivity contribution is -0.140. The van der Waals surface area contributed by atoms with Gasteiger partial charge in [0.15, 0.2) is 0 Å². The van der Waals surface area contributed by atoms with Gasteiger partial charge in [0.05, 0.1) is 27.2 Å². The molecular formula is C38H41Cl2N3O5S. The van der Waals surface area contributed by atoms with Crippen LogP contribution in [0.25, 0.3) is 0 Å². The number of nitrogens with zero attached hydrogens (tertiary/aromatic N) is 2. The number of sulfonamides is 1. The SMILES string of the molecule is CCOc1ccc(N(CC(=O)N(Cc2ccc(Cl)c(Cl)c2)[C@H](Cc2ccccc2)C(=O)NC2CCCC2)S(=O)(=O)c2ccc(C)cc2)cc1. The zero-order chi connectivity index (χ0) is 35.0. The molecule has 0 radical (unpaired) electrons. The molecule has 258 valence electrons. The standard InChI is InChI=1S/C38H41Cl2N3O5S/c1-3-48-32-18-16-31(17-19-32)43(49(46,47)33-20-13-27(2)14-21-33)26-37(44)42(25-29-15-22-34(39)35(40)23-29)36(24-28-9-5-4-6-10-28)38(45)41-30-11-7-8-12-30/h4-6,9-10,13-23,30,36H,3,7-8,11-12,24-26H2,1-2H3,(H,41,45)/t36-/m1/s1. The van der Waals surface area contributed by atoms with E-state index in [4.69, 9.17) is 27.9 Å². The van der Waals surface area contributed by atoms with Gasteiger partial charge in [-0.3, -0.25) is 13.9 Å². The van der Waals surface area contributed by atoms with E-state index in [-0.39, 0.29) is 35.5 Å². The lowest BCUT2D eigenvalue weighted by Crippen LogP contribution is -2.54. The fourth-order valence-electron chi connectivity index (χ4n) is 6.00. The first-order valence-corrected chi connectivity index (χ1v) is 18.6. The molecule has 0 aromatic heterocycles. The van der Waals surface area contributed by atoms with Gasteiger partial charge in [-0.05, 0) is 86.3 Å². The number of aryl methyl sites for hydroxylation is 1. The van der Waals surface area contributed by atoms with Crippen molar-refractivity contribution in [3.63, 3.8) is 0 Å². The highest BCUT2D eigenvalue weighted by atomic mass is 35.5. The molecule has 1 fully saturated rings. The molecule has 0 unspecified atom stereocenters. The van der Waals surface area contributed by atoms with Crippen LogP contribution in [0.3, 0.4) is 0 Å². The van der Waals surface area contributed by atoms with E-state index in [1.165, 1.54) is 17.0 Å². The second-order valence-corrected chi connectivity index (χ2v) is 14.9. The van der Waals surface area contributed by atoms with Gasteiger partial charge < -0.3 is 15.0 Å². The third-order valence-corrected chi connectivity index (χ3v) is 11.2. The molecular weight excluding hydrogens is 681 g/mol. The topological polar surface area (TPSA) is 96.0 Å². The Kier molecular flexibility index (Phi) is 12.3. The van der Waals surface area contributed by atoms with Crippen molar-refractivity contribution in [1.82, 2.24) is 10.2 Å². The number of nitrogens with one attached hydrogen (secondary N) is 1. The van der Waals surface area contributed by atoms with Crippen molar-refractivity contribution in [2.45, 2.75) is 69.5 Å². The summed E-state index contributed by atoms with van der Waals surface area (Å²) in [5.41, 5.74) is 2.68. The first-order chi connectivity index (χ1) is 23.5. The Bertz CT molecular complexity index is 1830. The van der Waals surface area contributed by atoms with Crippen LogP contribution in [0.1, 0.15) is 49.3 Å². The Hall–Kier alpha value is -4.05. The maximum atomic E-state index is 14.7. The summed E-state index contributed by atoms with van der Waals surface area (Å²) >= 11 is 12.6. The van der Waals surface area contributed by atoms with E-state index in [9.17, 15) is 18.0 Å². The molecule has 2 amide bonds. The van der Waals surface area contributed by atoms with Gasteiger partial charge >= 0.3 is 0 Å². The summed E-state index contributed by atoms with van der Waals surface area (Å²) in [6, 6.07) is 26.6. The number of benzene rings is 4. The smallest absolute Gasteiger partial charge is 0.264 e. The predicted octanol–water partition coefficient (Wildman–Crippen LogP) is 7.59. The minimum atomic E-state index is -4.23. The lowest BCUT2D eigenvalue weighted by atomic mass is 10.0. The van der Waals surface area contributed by atoms with Crippen LogP contribution in [-0.2, 0) is 32.6 Å². The van der Waals surface area contributed by atoms with Gasteiger partial charge in [0.25, 0.3) is 10.0 Å². The van der Waals surface area contributed by atoms with E-state index in [2.05, 4.69) is 5.32 Å². The summed E-state index contributed by atoms with van der Waals surface area (Å²) in [4.78, 5) is 30.4. The quantitative estimate of drug-likeness (QED) is 0.145. The second kappa shape index (κ2) is 16.6. The van der Waals surface area contributed by atoms with Crippen molar-refractivity contribution in [2.75, 3.05) is 17.5 Å². The molecule has 1 N–H and O–H groups in total. The van der Waals surface area contributed by atoms with Crippen LogP contribution in [0.15, 0.2) is 102 Å². The minimum absolute atomic E-state index is 0.00694. The minimum Gasteiger partial charge on any atom is -0.494 e. The van der Waals surface area contributed by atoms with Gasteiger partial charge in [0.1, 0.15) is 18.3 Å². The van der Waals surface area contributed by atoms with Crippen molar-refractivity contribution >= 4 is 50.7 Å². The van der Waals surface area contributed by atoms with Crippen molar-refractivity contribution in [3.05, 3.63) is 124 Å². The summed E-state index contributed by atoms with van der Waals surface area (Å²) in [5, 5.41) is 3.84. The van der Waals surface area contributed by atoms with Crippen LogP contribution in [-0.4, -0.2) is 50.4 Å². The number of ether oxygens (including phenoxy) is 1. The molecule has 4 aromatic rings. The average Bonchev–Trinajstić information content (AvgIpc) is 3.61. The number of carbonyl (C=O) groups is 2. The van der Waals surface area contributed by atoms with Gasteiger partial charge in [-0.15, -0.1) is 0 Å². The Morgan fingerprint density at radius 1 is 0.878 bits per heavy atom. The van der Waals surface area contributed by atoms with Gasteiger partial charge in [-0.25, -0.2) is 8.42 Å². The van der Waals surface area contributed by atoms with E-state index >= 15 is 0 Å². The van der Waals surface area contributed by atoms with Crippen molar-refractivity contribution < 1.29 is 22.7 Å². The highest BCUT2D eigenvalue weighted by Crippen LogP contribution is 2.29. The molecule has 1 aliphatic carbocycles. The molecule has 0 heterocycles. The van der Waals surface area contributed by atoms with Crippen molar-refractivity contribution in [3.8, 4) is 5.75 Å². The van der Waals surface area contributed by atoms with Crippen LogP contribution in [0.4, 0.5) is 5.69 Å². The third kappa shape index (κ3) is 9.35. The number of halogens is 2. The van der Waals surface area contributed by atoms with Gasteiger partial charge in [-0.2, -0.15) is 0 Å². The molecule has 0 bridgehead atoms. The number of carbonyl (C=O) groups excluding carboxylic acids is 2. The van der Waals surface area contributed by atoms with Crippen molar-refractivity contribution in [1.29, 1.82) is 0 Å². The van der Waals surface area contributed by atoms with Crippen LogP contribution in [0, 0.1) is 6.92 Å². The molecule has 11 heteroatoms. The zero-order valence-corrected chi connectivity index (χ0v) is 30.0. The number of amides is 2. The van der Waals surface area contributed by atoms with Gasteiger partial charge in [0.2, 0.25) is 11.8 Å². The van der Waals surface area contributed by atoms with E-state index < -0.39 is 28.5 Å². The van der Waals surface area contributed by atoms with E-state index in [0.717, 1.165) is 41.1 Å². The Morgan fingerprint density at radius 2 is 1.55 bits per heavy atom. The van der Waals surface area contributed by atoms with Crippen LogP contribution in [0.2, 0.25) is 10.0 Å². The van der Waals surface area contributed by atoms with Crippen LogP contribution < -0.4 is 14.4 Å². The van der Waals surface area contributed by atoms with E-state index in [1.54, 1.807) is 54.6 Å². The highest BCUT2D eigenvalue weighted by Gasteiger charge is 2.35. The monoisotopic (exact) mass is 721 g/mol.